The van der Waals surface area contributed by atoms with Gasteiger partial charge in [-0.3, -0.25) is 9.59 Å². The first-order valence-corrected chi connectivity index (χ1v) is 9.19. The molecule has 2 unspecified atom stereocenters. The van der Waals surface area contributed by atoms with E-state index in [2.05, 4.69) is 10.6 Å². The van der Waals surface area contributed by atoms with Crippen molar-refractivity contribution in [3.05, 3.63) is 30.3 Å². The van der Waals surface area contributed by atoms with E-state index in [-0.39, 0.29) is 24.3 Å². The Morgan fingerprint density at radius 1 is 1.20 bits per heavy atom. The summed E-state index contributed by atoms with van der Waals surface area (Å²) in [5.41, 5.74) is 0. The standard InChI is InChI=1S/C19H27N3O3/c23-18(14-25-17-8-2-1-3-9-17)22-11-5-6-15(13-22)19(24)21-12-16-7-4-10-20-16/h1-3,8-9,15-16,20H,4-7,10-14H2,(H,21,24). The Bertz CT molecular complexity index is 573. The van der Waals surface area contributed by atoms with Crippen LogP contribution in [-0.4, -0.2) is 55.5 Å². The van der Waals surface area contributed by atoms with Gasteiger partial charge >= 0.3 is 0 Å². The number of para-hydroxylation sites is 1. The Kier molecular flexibility index (Phi) is 6.28. The molecule has 0 bridgehead atoms. The second-order valence-electron chi connectivity index (χ2n) is 6.82. The lowest BCUT2D eigenvalue weighted by Crippen LogP contribution is -2.48. The molecule has 0 aromatic heterocycles. The van der Waals surface area contributed by atoms with Crippen molar-refractivity contribution in [2.24, 2.45) is 5.92 Å². The smallest absolute Gasteiger partial charge is 0.260 e. The van der Waals surface area contributed by atoms with Gasteiger partial charge in [0.25, 0.3) is 5.91 Å². The molecule has 2 saturated heterocycles. The first kappa shape index (κ1) is 17.7. The topological polar surface area (TPSA) is 70.7 Å². The zero-order chi connectivity index (χ0) is 17.5. The van der Waals surface area contributed by atoms with E-state index >= 15 is 0 Å². The number of hydrogen-bond acceptors (Lipinski definition) is 4. The molecular formula is C19H27N3O3. The first-order chi connectivity index (χ1) is 12.2. The molecule has 6 heteroatoms. The average Bonchev–Trinajstić information content (AvgIpc) is 3.18. The number of carbonyl (C=O) groups excluding carboxylic acids is 2. The molecule has 2 heterocycles. The van der Waals surface area contributed by atoms with Crippen molar-refractivity contribution in [1.29, 1.82) is 0 Å². The molecule has 2 amide bonds. The summed E-state index contributed by atoms with van der Waals surface area (Å²) < 4.78 is 5.53. The Balaban J connectivity index is 1.43. The van der Waals surface area contributed by atoms with Gasteiger partial charge in [-0.05, 0) is 44.4 Å². The molecular weight excluding hydrogens is 318 g/mol. The minimum absolute atomic E-state index is 0.0182. The number of carbonyl (C=O) groups is 2. The maximum absolute atomic E-state index is 12.4. The van der Waals surface area contributed by atoms with Crippen molar-refractivity contribution in [3.63, 3.8) is 0 Å². The molecule has 1 aromatic rings. The van der Waals surface area contributed by atoms with Gasteiger partial charge in [0.1, 0.15) is 5.75 Å². The van der Waals surface area contributed by atoms with Crippen LogP contribution in [-0.2, 0) is 9.59 Å². The van der Waals surface area contributed by atoms with Crippen molar-refractivity contribution in [1.82, 2.24) is 15.5 Å². The van der Waals surface area contributed by atoms with Crippen LogP contribution in [0, 0.1) is 5.92 Å². The largest absolute Gasteiger partial charge is 0.484 e. The van der Waals surface area contributed by atoms with Gasteiger partial charge in [0.2, 0.25) is 5.91 Å². The predicted molar refractivity (Wildman–Crippen MR) is 95.3 cm³/mol. The lowest BCUT2D eigenvalue weighted by Gasteiger charge is -2.32. The van der Waals surface area contributed by atoms with E-state index in [0.717, 1.165) is 25.8 Å². The van der Waals surface area contributed by atoms with E-state index in [9.17, 15) is 9.59 Å². The number of nitrogens with zero attached hydrogens (tertiary/aromatic N) is 1. The number of ether oxygens (including phenoxy) is 1. The van der Waals surface area contributed by atoms with Crippen molar-refractivity contribution in [3.8, 4) is 5.75 Å². The van der Waals surface area contributed by atoms with Crippen LogP contribution in [0.3, 0.4) is 0 Å². The second kappa shape index (κ2) is 8.85. The van der Waals surface area contributed by atoms with E-state index in [4.69, 9.17) is 4.74 Å². The molecule has 25 heavy (non-hydrogen) atoms. The number of benzene rings is 1. The normalized spacial score (nSPS) is 23.3. The molecule has 2 fully saturated rings. The Hall–Kier alpha value is -2.08. The highest BCUT2D eigenvalue weighted by Crippen LogP contribution is 2.17. The molecule has 6 nitrogen and oxygen atoms in total. The summed E-state index contributed by atoms with van der Waals surface area (Å²) in [5, 5.41) is 6.42. The van der Waals surface area contributed by atoms with Crippen LogP contribution in [0.1, 0.15) is 25.7 Å². The van der Waals surface area contributed by atoms with E-state index in [0.29, 0.717) is 31.4 Å². The van der Waals surface area contributed by atoms with E-state index < -0.39 is 0 Å². The van der Waals surface area contributed by atoms with Gasteiger partial charge < -0.3 is 20.3 Å². The third-order valence-electron chi connectivity index (χ3n) is 4.94. The van der Waals surface area contributed by atoms with Gasteiger partial charge in [0, 0.05) is 25.7 Å². The molecule has 136 valence electrons. The van der Waals surface area contributed by atoms with Gasteiger partial charge in [0.05, 0.1) is 5.92 Å². The fourth-order valence-electron chi connectivity index (χ4n) is 3.47. The highest BCUT2D eigenvalue weighted by molar-refractivity contribution is 5.82. The summed E-state index contributed by atoms with van der Waals surface area (Å²) >= 11 is 0. The number of rotatable bonds is 6. The third kappa shape index (κ3) is 5.19. The van der Waals surface area contributed by atoms with Crippen molar-refractivity contribution in [2.45, 2.75) is 31.7 Å². The van der Waals surface area contributed by atoms with E-state index in [1.807, 2.05) is 30.3 Å². The van der Waals surface area contributed by atoms with Crippen LogP contribution >= 0.6 is 0 Å². The van der Waals surface area contributed by atoms with Gasteiger partial charge in [-0.25, -0.2) is 0 Å². The van der Waals surface area contributed by atoms with Crippen LogP contribution in [0.15, 0.2) is 30.3 Å². The molecule has 0 spiro atoms. The van der Waals surface area contributed by atoms with Gasteiger partial charge in [-0.15, -0.1) is 0 Å². The Morgan fingerprint density at radius 2 is 2.04 bits per heavy atom. The third-order valence-corrected chi connectivity index (χ3v) is 4.94. The highest BCUT2D eigenvalue weighted by atomic mass is 16.5. The lowest BCUT2D eigenvalue weighted by molar-refractivity contribution is -0.137. The van der Waals surface area contributed by atoms with Gasteiger partial charge in [-0.1, -0.05) is 18.2 Å². The number of piperidine rings is 1. The summed E-state index contributed by atoms with van der Waals surface area (Å²) in [5.74, 6) is 0.580. The summed E-state index contributed by atoms with van der Waals surface area (Å²) in [6, 6.07) is 9.71. The summed E-state index contributed by atoms with van der Waals surface area (Å²) in [6.07, 6.45) is 3.99. The van der Waals surface area contributed by atoms with Gasteiger partial charge in [0.15, 0.2) is 6.61 Å². The predicted octanol–water partition coefficient (Wildman–Crippen LogP) is 1.17. The maximum atomic E-state index is 12.4. The number of amides is 2. The quantitative estimate of drug-likeness (QED) is 0.812. The van der Waals surface area contributed by atoms with Crippen LogP contribution < -0.4 is 15.4 Å². The zero-order valence-electron chi connectivity index (χ0n) is 14.6. The molecule has 2 aliphatic heterocycles. The molecule has 3 rings (SSSR count). The molecule has 2 N–H and O–H groups in total. The minimum Gasteiger partial charge on any atom is -0.484 e. The zero-order valence-corrected chi connectivity index (χ0v) is 14.6. The SMILES string of the molecule is O=C(NCC1CCCN1)C1CCCN(C(=O)COc2ccccc2)C1. The molecule has 0 aliphatic carbocycles. The molecule has 2 aliphatic rings. The Morgan fingerprint density at radius 3 is 2.80 bits per heavy atom. The van der Waals surface area contributed by atoms with Crippen molar-refractivity contribution >= 4 is 11.8 Å². The van der Waals surface area contributed by atoms with E-state index in [1.54, 1.807) is 4.90 Å². The molecule has 0 saturated carbocycles. The van der Waals surface area contributed by atoms with Crippen molar-refractivity contribution < 1.29 is 14.3 Å². The number of nitrogens with one attached hydrogen (secondary N) is 2. The van der Waals surface area contributed by atoms with E-state index in [1.165, 1.54) is 6.42 Å². The Labute approximate surface area is 148 Å². The average molecular weight is 345 g/mol. The van der Waals surface area contributed by atoms with Gasteiger partial charge in [-0.2, -0.15) is 0 Å². The first-order valence-electron chi connectivity index (χ1n) is 9.19. The fourth-order valence-corrected chi connectivity index (χ4v) is 3.47. The summed E-state index contributed by atoms with van der Waals surface area (Å²) in [4.78, 5) is 26.5. The molecule has 0 radical (unpaired) electrons. The van der Waals surface area contributed by atoms with Crippen LogP contribution in [0.5, 0.6) is 5.75 Å². The van der Waals surface area contributed by atoms with Crippen molar-refractivity contribution in [2.75, 3.05) is 32.8 Å². The highest BCUT2D eigenvalue weighted by Gasteiger charge is 2.29. The number of likely N-dealkylation sites (tertiary alicyclic amines) is 1. The molecule has 2 atom stereocenters. The minimum atomic E-state index is -0.115. The molecule has 1 aromatic carbocycles. The van der Waals surface area contributed by atoms with Crippen LogP contribution in [0.2, 0.25) is 0 Å². The number of hydrogen-bond donors (Lipinski definition) is 2. The maximum Gasteiger partial charge on any atom is 0.260 e. The second-order valence-corrected chi connectivity index (χ2v) is 6.82. The monoisotopic (exact) mass is 345 g/mol. The lowest BCUT2D eigenvalue weighted by atomic mass is 9.97. The fraction of sp³-hybridized carbons (Fsp3) is 0.579. The summed E-state index contributed by atoms with van der Waals surface area (Å²) in [7, 11) is 0. The van der Waals surface area contributed by atoms with Crippen LogP contribution in [0.25, 0.3) is 0 Å². The van der Waals surface area contributed by atoms with Crippen LogP contribution in [0.4, 0.5) is 0 Å². The summed E-state index contributed by atoms with van der Waals surface area (Å²) in [6.45, 7) is 2.92.